The molecular formula is C16H18N2O3S2. The highest BCUT2D eigenvalue weighted by Gasteiger charge is 2.01. The lowest BCUT2D eigenvalue weighted by molar-refractivity contribution is -0.116. The number of aryl methyl sites for hydroxylation is 1. The number of carbonyl (C=O) groups excluding carboxylic acids is 1. The molecule has 122 valence electrons. The Labute approximate surface area is 140 Å². The van der Waals surface area contributed by atoms with E-state index in [0.29, 0.717) is 12.2 Å². The highest BCUT2D eigenvalue weighted by molar-refractivity contribution is 7.92. The maximum absolute atomic E-state index is 11.8. The van der Waals surface area contributed by atoms with E-state index in [2.05, 4.69) is 10.0 Å². The Kier molecular flexibility index (Phi) is 5.57. The van der Waals surface area contributed by atoms with E-state index < -0.39 is 10.0 Å². The van der Waals surface area contributed by atoms with Crippen LogP contribution in [0.15, 0.2) is 42.5 Å². The van der Waals surface area contributed by atoms with Crippen molar-refractivity contribution < 1.29 is 13.2 Å². The molecule has 1 aromatic heterocycles. The maximum Gasteiger partial charge on any atom is 0.244 e. The van der Waals surface area contributed by atoms with Gasteiger partial charge in [0.25, 0.3) is 0 Å². The van der Waals surface area contributed by atoms with Gasteiger partial charge in [0.1, 0.15) is 0 Å². The number of anilines is 1. The minimum absolute atomic E-state index is 0.172. The first-order valence-corrected chi connectivity index (χ1v) is 9.62. The van der Waals surface area contributed by atoms with Gasteiger partial charge in [-0.05, 0) is 42.8 Å². The van der Waals surface area contributed by atoms with E-state index in [0.717, 1.165) is 16.7 Å². The van der Waals surface area contributed by atoms with Crippen molar-refractivity contribution in [3.63, 3.8) is 0 Å². The van der Waals surface area contributed by atoms with Crippen LogP contribution in [0.3, 0.4) is 0 Å². The first-order chi connectivity index (χ1) is 10.8. The highest BCUT2D eigenvalue weighted by Crippen LogP contribution is 2.14. The third-order valence-corrected chi connectivity index (χ3v) is 4.48. The molecule has 0 spiro atoms. The van der Waals surface area contributed by atoms with Crippen LogP contribution in [-0.4, -0.2) is 20.6 Å². The minimum atomic E-state index is -3.28. The molecule has 1 aromatic carbocycles. The van der Waals surface area contributed by atoms with E-state index in [1.165, 1.54) is 11.0 Å². The summed E-state index contributed by atoms with van der Waals surface area (Å²) >= 11 is 1.66. The number of carbonyl (C=O) groups is 1. The van der Waals surface area contributed by atoms with Crippen molar-refractivity contribution in [1.82, 2.24) is 5.32 Å². The molecule has 2 N–H and O–H groups in total. The lowest BCUT2D eigenvalue weighted by atomic mass is 10.2. The molecule has 2 rings (SSSR count). The Morgan fingerprint density at radius 1 is 1.17 bits per heavy atom. The fourth-order valence-electron chi connectivity index (χ4n) is 1.86. The van der Waals surface area contributed by atoms with Crippen LogP contribution in [0.25, 0.3) is 6.08 Å². The van der Waals surface area contributed by atoms with E-state index in [-0.39, 0.29) is 5.91 Å². The number of sulfonamides is 1. The molecule has 2 aromatic rings. The SMILES string of the molecule is Cc1ccc(CNC(=O)/C=C/c2ccc(NS(C)(=O)=O)cc2)s1. The van der Waals surface area contributed by atoms with Crippen LogP contribution in [0.5, 0.6) is 0 Å². The van der Waals surface area contributed by atoms with Crippen LogP contribution in [0.2, 0.25) is 0 Å². The number of thiophene rings is 1. The number of amides is 1. The smallest absolute Gasteiger partial charge is 0.244 e. The normalized spacial score (nSPS) is 11.6. The molecular weight excluding hydrogens is 332 g/mol. The predicted octanol–water partition coefficient (Wildman–Crippen LogP) is 2.76. The molecule has 1 amide bonds. The van der Waals surface area contributed by atoms with Crippen LogP contribution in [-0.2, 0) is 21.4 Å². The van der Waals surface area contributed by atoms with Crippen LogP contribution in [0.4, 0.5) is 5.69 Å². The molecule has 0 radical (unpaired) electrons. The first kappa shape index (κ1) is 17.2. The number of nitrogens with one attached hydrogen (secondary N) is 2. The minimum Gasteiger partial charge on any atom is -0.348 e. The highest BCUT2D eigenvalue weighted by atomic mass is 32.2. The van der Waals surface area contributed by atoms with E-state index >= 15 is 0 Å². The van der Waals surface area contributed by atoms with E-state index in [1.54, 1.807) is 41.7 Å². The second kappa shape index (κ2) is 7.43. The third kappa shape index (κ3) is 6.25. The van der Waals surface area contributed by atoms with Crippen molar-refractivity contribution in [3.8, 4) is 0 Å². The molecule has 0 unspecified atom stereocenters. The standard InChI is InChI=1S/C16H18N2O3S2/c1-12-3-9-15(22-12)11-17-16(19)10-6-13-4-7-14(8-5-13)18-23(2,20)21/h3-10,18H,11H2,1-2H3,(H,17,19)/b10-6+. The molecule has 0 fully saturated rings. The van der Waals surface area contributed by atoms with Crippen molar-refractivity contribution in [1.29, 1.82) is 0 Å². The van der Waals surface area contributed by atoms with Gasteiger partial charge in [-0.2, -0.15) is 0 Å². The summed E-state index contributed by atoms with van der Waals surface area (Å²) in [7, 11) is -3.28. The summed E-state index contributed by atoms with van der Waals surface area (Å²) in [6.07, 6.45) is 4.24. The van der Waals surface area contributed by atoms with Crippen molar-refractivity contribution >= 4 is 39.0 Å². The molecule has 1 heterocycles. The maximum atomic E-state index is 11.8. The van der Waals surface area contributed by atoms with Gasteiger partial charge in [-0.25, -0.2) is 8.42 Å². The van der Waals surface area contributed by atoms with Gasteiger partial charge >= 0.3 is 0 Å². The van der Waals surface area contributed by atoms with Gasteiger partial charge in [0.2, 0.25) is 15.9 Å². The number of hydrogen-bond donors (Lipinski definition) is 2. The zero-order valence-corrected chi connectivity index (χ0v) is 14.5. The van der Waals surface area contributed by atoms with Crippen LogP contribution in [0, 0.1) is 6.92 Å². The molecule has 0 saturated carbocycles. The Morgan fingerprint density at radius 2 is 1.87 bits per heavy atom. The molecule has 5 nitrogen and oxygen atoms in total. The Morgan fingerprint density at radius 3 is 2.43 bits per heavy atom. The summed E-state index contributed by atoms with van der Waals surface area (Å²) in [5.41, 5.74) is 1.30. The van der Waals surface area contributed by atoms with Gasteiger partial charge in [-0.15, -0.1) is 11.3 Å². The molecule has 0 saturated heterocycles. The molecule has 0 aliphatic carbocycles. The second-order valence-corrected chi connectivity index (χ2v) is 8.18. The van der Waals surface area contributed by atoms with Gasteiger partial charge in [-0.3, -0.25) is 9.52 Å². The molecule has 23 heavy (non-hydrogen) atoms. The van der Waals surface area contributed by atoms with Gasteiger partial charge in [0, 0.05) is 21.5 Å². The van der Waals surface area contributed by atoms with Gasteiger partial charge in [-0.1, -0.05) is 12.1 Å². The molecule has 0 aliphatic rings. The molecule has 7 heteroatoms. The predicted molar refractivity (Wildman–Crippen MR) is 94.8 cm³/mol. The van der Waals surface area contributed by atoms with Crippen molar-refractivity contribution in [2.45, 2.75) is 13.5 Å². The fraction of sp³-hybridized carbons (Fsp3) is 0.188. The number of benzene rings is 1. The summed E-state index contributed by atoms with van der Waals surface area (Å²) in [5, 5.41) is 2.82. The summed E-state index contributed by atoms with van der Waals surface area (Å²) in [4.78, 5) is 14.1. The second-order valence-electron chi connectivity index (χ2n) is 5.06. The molecule has 0 atom stereocenters. The fourth-order valence-corrected chi connectivity index (χ4v) is 3.26. The number of hydrogen-bond acceptors (Lipinski definition) is 4. The summed E-state index contributed by atoms with van der Waals surface area (Å²) < 4.78 is 24.6. The van der Waals surface area contributed by atoms with Gasteiger partial charge in [0.15, 0.2) is 0 Å². The monoisotopic (exact) mass is 350 g/mol. The van der Waals surface area contributed by atoms with Crippen LogP contribution >= 0.6 is 11.3 Å². The third-order valence-electron chi connectivity index (χ3n) is 2.87. The zero-order valence-electron chi connectivity index (χ0n) is 12.9. The lowest BCUT2D eigenvalue weighted by Crippen LogP contribution is -2.19. The van der Waals surface area contributed by atoms with Crippen molar-refractivity contribution in [3.05, 3.63) is 57.8 Å². The van der Waals surface area contributed by atoms with Gasteiger partial charge < -0.3 is 5.32 Å². The van der Waals surface area contributed by atoms with E-state index in [1.807, 2.05) is 19.1 Å². The summed E-state index contributed by atoms with van der Waals surface area (Å²) in [6.45, 7) is 2.54. The molecule has 0 aliphatic heterocycles. The largest absolute Gasteiger partial charge is 0.348 e. The van der Waals surface area contributed by atoms with Crippen LogP contribution in [0.1, 0.15) is 15.3 Å². The average molecular weight is 350 g/mol. The Hall–Kier alpha value is -2.12. The van der Waals surface area contributed by atoms with E-state index in [9.17, 15) is 13.2 Å². The first-order valence-electron chi connectivity index (χ1n) is 6.91. The van der Waals surface area contributed by atoms with Crippen molar-refractivity contribution in [2.75, 3.05) is 11.0 Å². The summed E-state index contributed by atoms with van der Waals surface area (Å²) in [5.74, 6) is -0.172. The zero-order chi connectivity index (χ0) is 16.9. The topological polar surface area (TPSA) is 75.3 Å². The summed E-state index contributed by atoms with van der Waals surface area (Å²) in [6, 6.07) is 10.8. The Bertz CT molecular complexity index is 806. The van der Waals surface area contributed by atoms with Crippen LogP contribution < -0.4 is 10.0 Å². The average Bonchev–Trinajstić information content (AvgIpc) is 2.88. The lowest BCUT2D eigenvalue weighted by Gasteiger charge is -2.03. The number of rotatable bonds is 6. The molecule has 0 bridgehead atoms. The Balaban J connectivity index is 1.88. The van der Waals surface area contributed by atoms with Gasteiger partial charge in [0.05, 0.1) is 12.8 Å². The quantitative estimate of drug-likeness (QED) is 0.787. The van der Waals surface area contributed by atoms with E-state index in [4.69, 9.17) is 0 Å². The van der Waals surface area contributed by atoms with Crippen molar-refractivity contribution in [2.24, 2.45) is 0 Å².